The van der Waals surface area contributed by atoms with Crippen LogP contribution >= 0.6 is 0 Å². The van der Waals surface area contributed by atoms with Crippen molar-refractivity contribution in [3.8, 4) is 6.07 Å². The molecule has 5 heteroatoms. The van der Waals surface area contributed by atoms with E-state index in [0.29, 0.717) is 11.3 Å². The highest BCUT2D eigenvalue weighted by atomic mass is 16.2. The van der Waals surface area contributed by atoms with Gasteiger partial charge < -0.3 is 10.6 Å². The van der Waals surface area contributed by atoms with Crippen molar-refractivity contribution >= 4 is 17.5 Å². The summed E-state index contributed by atoms with van der Waals surface area (Å²) in [7, 11) is 0. The molecule has 0 aliphatic carbocycles. The van der Waals surface area contributed by atoms with E-state index in [4.69, 9.17) is 5.26 Å². The molecule has 2 amide bonds. The maximum absolute atomic E-state index is 11.9. The number of nitrogens with one attached hydrogen (secondary N) is 2. The number of hydrogen-bond acceptors (Lipinski definition) is 3. The first-order valence-electron chi connectivity index (χ1n) is 6.74. The van der Waals surface area contributed by atoms with Crippen LogP contribution in [0.2, 0.25) is 0 Å². The first-order valence-corrected chi connectivity index (χ1v) is 6.74. The van der Waals surface area contributed by atoms with Crippen molar-refractivity contribution in [1.82, 2.24) is 5.32 Å². The number of benzene rings is 2. The van der Waals surface area contributed by atoms with Gasteiger partial charge in [0.05, 0.1) is 11.3 Å². The molecule has 0 atom stereocenters. The van der Waals surface area contributed by atoms with Gasteiger partial charge in [0.1, 0.15) is 6.07 Å². The Morgan fingerprint density at radius 3 is 2.45 bits per heavy atom. The summed E-state index contributed by atoms with van der Waals surface area (Å²) in [4.78, 5) is 23.7. The van der Waals surface area contributed by atoms with E-state index in [9.17, 15) is 9.59 Å². The SMILES string of the molecule is Cc1ccccc1CNC(=O)C(=O)Nc1ccccc1C#N. The highest BCUT2D eigenvalue weighted by molar-refractivity contribution is 6.39. The van der Waals surface area contributed by atoms with Crippen LogP contribution in [0.15, 0.2) is 48.5 Å². The lowest BCUT2D eigenvalue weighted by Crippen LogP contribution is -2.35. The van der Waals surface area contributed by atoms with Gasteiger partial charge >= 0.3 is 11.8 Å². The van der Waals surface area contributed by atoms with Crippen molar-refractivity contribution in [3.05, 3.63) is 65.2 Å². The monoisotopic (exact) mass is 293 g/mol. The summed E-state index contributed by atoms with van der Waals surface area (Å²) in [6, 6.07) is 16.1. The average molecular weight is 293 g/mol. The quantitative estimate of drug-likeness (QED) is 0.850. The van der Waals surface area contributed by atoms with Crippen LogP contribution in [0.5, 0.6) is 0 Å². The molecule has 0 spiro atoms. The van der Waals surface area contributed by atoms with E-state index in [-0.39, 0.29) is 6.54 Å². The Hall–Kier alpha value is -3.13. The smallest absolute Gasteiger partial charge is 0.313 e. The summed E-state index contributed by atoms with van der Waals surface area (Å²) in [5.74, 6) is -1.53. The molecule has 0 aliphatic heterocycles. The van der Waals surface area contributed by atoms with Crippen molar-refractivity contribution in [2.45, 2.75) is 13.5 Å². The van der Waals surface area contributed by atoms with E-state index in [2.05, 4.69) is 10.6 Å². The molecule has 2 rings (SSSR count). The zero-order valence-electron chi connectivity index (χ0n) is 12.1. The van der Waals surface area contributed by atoms with Crippen LogP contribution in [0.25, 0.3) is 0 Å². The third-order valence-electron chi connectivity index (χ3n) is 3.20. The molecule has 0 bridgehead atoms. The minimum atomic E-state index is -0.795. The molecule has 110 valence electrons. The number of rotatable bonds is 3. The van der Waals surface area contributed by atoms with E-state index in [1.165, 1.54) is 0 Å². The Morgan fingerprint density at radius 1 is 1.05 bits per heavy atom. The van der Waals surface area contributed by atoms with Gasteiger partial charge in [0, 0.05) is 6.54 Å². The van der Waals surface area contributed by atoms with Gasteiger partial charge in [-0.05, 0) is 30.2 Å². The second-order valence-corrected chi connectivity index (χ2v) is 4.72. The largest absolute Gasteiger partial charge is 0.344 e. The summed E-state index contributed by atoms with van der Waals surface area (Å²) in [6.07, 6.45) is 0. The summed E-state index contributed by atoms with van der Waals surface area (Å²) in [6.45, 7) is 2.21. The summed E-state index contributed by atoms with van der Waals surface area (Å²) in [5.41, 5.74) is 2.61. The lowest BCUT2D eigenvalue weighted by Gasteiger charge is -2.09. The van der Waals surface area contributed by atoms with Crippen LogP contribution in [0.4, 0.5) is 5.69 Å². The summed E-state index contributed by atoms with van der Waals surface area (Å²) in [5, 5.41) is 14.0. The Morgan fingerprint density at radius 2 is 1.73 bits per heavy atom. The molecule has 22 heavy (non-hydrogen) atoms. The molecule has 0 saturated heterocycles. The molecular formula is C17H15N3O2. The highest BCUT2D eigenvalue weighted by Crippen LogP contribution is 2.13. The molecule has 0 aromatic heterocycles. The lowest BCUT2D eigenvalue weighted by molar-refractivity contribution is -0.136. The molecule has 0 unspecified atom stereocenters. The van der Waals surface area contributed by atoms with E-state index >= 15 is 0 Å². The summed E-state index contributed by atoms with van der Waals surface area (Å²) >= 11 is 0. The van der Waals surface area contributed by atoms with Crippen molar-refractivity contribution in [1.29, 1.82) is 5.26 Å². The van der Waals surface area contributed by atoms with Gasteiger partial charge in [0.25, 0.3) is 0 Å². The van der Waals surface area contributed by atoms with E-state index < -0.39 is 11.8 Å². The third kappa shape index (κ3) is 3.70. The Kier molecular flexibility index (Phi) is 4.89. The molecule has 2 aromatic rings. The Balaban J connectivity index is 1.97. The molecule has 0 heterocycles. The number of carbonyl (C=O) groups is 2. The number of amides is 2. The molecule has 0 fully saturated rings. The fourth-order valence-electron chi connectivity index (χ4n) is 1.93. The maximum Gasteiger partial charge on any atom is 0.313 e. The maximum atomic E-state index is 11.9. The van der Waals surface area contributed by atoms with Gasteiger partial charge in [-0.25, -0.2) is 0 Å². The fraction of sp³-hybridized carbons (Fsp3) is 0.118. The average Bonchev–Trinajstić information content (AvgIpc) is 2.54. The minimum absolute atomic E-state index is 0.277. The van der Waals surface area contributed by atoms with E-state index in [0.717, 1.165) is 11.1 Å². The second-order valence-electron chi connectivity index (χ2n) is 4.72. The van der Waals surface area contributed by atoms with Crippen LogP contribution in [0.1, 0.15) is 16.7 Å². The third-order valence-corrected chi connectivity index (χ3v) is 3.20. The number of anilines is 1. The molecule has 2 N–H and O–H groups in total. The molecule has 5 nitrogen and oxygen atoms in total. The highest BCUT2D eigenvalue weighted by Gasteiger charge is 2.15. The van der Waals surface area contributed by atoms with Crippen LogP contribution in [0.3, 0.4) is 0 Å². The number of hydrogen-bond donors (Lipinski definition) is 2. The first kappa shape index (κ1) is 15.3. The van der Waals surface area contributed by atoms with Gasteiger partial charge in [0.2, 0.25) is 0 Å². The topological polar surface area (TPSA) is 82.0 Å². The predicted molar refractivity (Wildman–Crippen MR) is 82.8 cm³/mol. The van der Waals surface area contributed by atoms with Crippen LogP contribution in [-0.4, -0.2) is 11.8 Å². The van der Waals surface area contributed by atoms with Crippen molar-refractivity contribution < 1.29 is 9.59 Å². The first-order chi connectivity index (χ1) is 10.6. The predicted octanol–water partition coefficient (Wildman–Crippen LogP) is 2.12. The van der Waals surface area contributed by atoms with Gasteiger partial charge in [0.15, 0.2) is 0 Å². The van der Waals surface area contributed by atoms with Gasteiger partial charge in [-0.2, -0.15) is 5.26 Å². The van der Waals surface area contributed by atoms with E-state index in [1.54, 1.807) is 24.3 Å². The van der Waals surface area contributed by atoms with Crippen molar-refractivity contribution in [2.24, 2.45) is 0 Å². The number of carbonyl (C=O) groups excluding carboxylic acids is 2. The normalized spacial score (nSPS) is 9.64. The Labute approximate surface area is 128 Å². The lowest BCUT2D eigenvalue weighted by atomic mass is 10.1. The van der Waals surface area contributed by atoms with Gasteiger partial charge in [-0.1, -0.05) is 36.4 Å². The number of nitrogens with zero attached hydrogens (tertiary/aromatic N) is 1. The number of para-hydroxylation sites is 1. The van der Waals surface area contributed by atoms with Gasteiger partial charge in [-0.15, -0.1) is 0 Å². The fourth-order valence-corrected chi connectivity index (χ4v) is 1.93. The van der Waals surface area contributed by atoms with E-state index in [1.807, 2.05) is 37.3 Å². The number of aryl methyl sites for hydroxylation is 1. The van der Waals surface area contributed by atoms with Crippen LogP contribution in [0, 0.1) is 18.3 Å². The molecule has 0 saturated carbocycles. The zero-order valence-corrected chi connectivity index (χ0v) is 12.1. The van der Waals surface area contributed by atoms with Crippen molar-refractivity contribution in [3.63, 3.8) is 0 Å². The molecule has 0 radical (unpaired) electrons. The zero-order chi connectivity index (χ0) is 15.9. The van der Waals surface area contributed by atoms with Gasteiger partial charge in [-0.3, -0.25) is 9.59 Å². The Bertz CT molecular complexity index is 748. The minimum Gasteiger partial charge on any atom is -0.344 e. The molecule has 2 aromatic carbocycles. The molecular weight excluding hydrogens is 278 g/mol. The second kappa shape index (κ2) is 7.04. The van der Waals surface area contributed by atoms with Crippen molar-refractivity contribution in [2.75, 3.05) is 5.32 Å². The molecule has 0 aliphatic rings. The van der Waals surface area contributed by atoms with Crippen LogP contribution < -0.4 is 10.6 Å². The number of nitriles is 1. The van der Waals surface area contributed by atoms with Crippen LogP contribution in [-0.2, 0) is 16.1 Å². The standard InChI is InChI=1S/C17H15N3O2/c1-12-6-2-3-8-14(12)11-19-16(21)17(22)20-15-9-5-4-7-13(15)10-18/h2-9H,11H2,1H3,(H,19,21)(H,20,22). The summed E-state index contributed by atoms with van der Waals surface area (Å²) < 4.78 is 0.